The van der Waals surface area contributed by atoms with E-state index in [9.17, 15) is 19.6 Å². The first kappa shape index (κ1) is 24.9. The molecule has 32 heavy (non-hydrogen) atoms. The van der Waals surface area contributed by atoms with Crippen LogP contribution < -0.4 is 10.6 Å². The highest BCUT2D eigenvalue weighted by Gasteiger charge is 2.14. The molecule has 2 aromatic carbocycles. The van der Waals surface area contributed by atoms with Crippen molar-refractivity contribution in [2.24, 2.45) is 0 Å². The number of hydrogen-bond donors (Lipinski definition) is 3. The number of carboxylic acids is 1. The Kier molecular flexibility index (Phi) is 9.72. The zero-order valence-corrected chi connectivity index (χ0v) is 19.4. The van der Waals surface area contributed by atoms with Crippen molar-refractivity contribution in [2.45, 2.75) is 12.1 Å². The molecule has 166 valence electrons. The summed E-state index contributed by atoms with van der Waals surface area (Å²) < 4.78 is 2.99. The Labute approximate surface area is 196 Å². The number of carboxylic acid groups (broad SMARTS) is 1. The minimum absolute atomic E-state index is 0.198. The van der Waals surface area contributed by atoms with Gasteiger partial charge in [0.2, 0.25) is 12.3 Å². The number of rotatable bonds is 8. The second-order valence-corrected chi connectivity index (χ2v) is 8.13. The minimum atomic E-state index is -1.12. The van der Waals surface area contributed by atoms with Crippen molar-refractivity contribution < 1.29 is 19.5 Å². The number of hydrogen-bond acceptors (Lipinski definition) is 6. The fourth-order valence-corrected chi connectivity index (χ4v) is 4.00. The Bertz CT molecular complexity index is 1160. The summed E-state index contributed by atoms with van der Waals surface area (Å²) in [7, 11) is 0. The molecule has 11 heteroatoms. The van der Waals surface area contributed by atoms with Crippen LogP contribution >= 0.6 is 27.7 Å². The van der Waals surface area contributed by atoms with Gasteiger partial charge in [-0.15, -0.1) is 0 Å². The van der Waals surface area contributed by atoms with Crippen molar-refractivity contribution in [1.29, 1.82) is 5.26 Å². The number of aromatic nitrogens is 2. The molecule has 0 aliphatic carbocycles. The quantitative estimate of drug-likeness (QED) is 0.308. The van der Waals surface area contributed by atoms with Crippen LogP contribution in [0.1, 0.15) is 12.5 Å². The molecule has 1 heterocycles. The van der Waals surface area contributed by atoms with Gasteiger partial charge in [0, 0.05) is 10.8 Å². The largest absolute Gasteiger partial charge is 0.480 e. The van der Waals surface area contributed by atoms with Crippen LogP contribution in [0.5, 0.6) is 0 Å². The molecule has 0 radical (unpaired) electrons. The van der Waals surface area contributed by atoms with Gasteiger partial charge in [-0.05, 0) is 33.8 Å². The lowest BCUT2D eigenvalue weighted by molar-refractivity contribution is -0.137. The molecule has 0 bridgehead atoms. The third-order valence-electron chi connectivity index (χ3n) is 4.01. The van der Waals surface area contributed by atoms with Crippen LogP contribution in [-0.4, -0.2) is 51.8 Å². The van der Waals surface area contributed by atoms with Gasteiger partial charge in [0.1, 0.15) is 11.1 Å². The molecule has 9 nitrogen and oxygen atoms in total. The number of nitrogens with one attached hydrogen (secondary N) is 2. The molecular weight excluding hydrogens is 498 g/mol. The zero-order valence-electron chi connectivity index (χ0n) is 17.0. The topological polar surface area (TPSA) is 137 Å². The number of aliphatic carboxylic acids is 1. The van der Waals surface area contributed by atoms with Gasteiger partial charge in [0.05, 0.1) is 30.1 Å². The summed E-state index contributed by atoms with van der Waals surface area (Å²) in [5.41, 5.74) is 1.72. The van der Waals surface area contributed by atoms with Crippen LogP contribution in [0.4, 0.5) is 0 Å². The first-order chi connectivity index (χ1) is 15.4. The van der Waals surface area contributed by atoms with Gasteiger partial charge in [-0.1, -0.05) is 43.0 Å². The van der Waals surface area contributed by atoms with Crippen molar-refractivity contribution in [3.8, 4) is 11.8 Å². The molecule has 0 aliphatic rings. The van der Waals surface area contributed by atoms with Gasteiger partial charge in [0.25, 0.3) is 0 Å². The summed E-state index contributed by atoms with van der Waals surface area (Å²) in [6.45, 7) is 1.48. The normalized spacial score (nSPS) is 9.91. The SMILES string of the molecule is CCSc1ncc(Br)n1-c1ccc(C#N)c2ccccc12.O=CNCC(=O)NCC(=O)O. The number of carbonyl (C=O) groups is 3. The number of carbonyl (C=O) groups excluding carboxylic acids is 2. The van der Waals surface area contributed by atoms with Crippen LogP contribution in [-0.2, 0) is 14.4 Å². The lowest BCUT2D eigenvalue weighted by Gasteiger charge is -2.12. The summed E-state index contributed by atoms with van der Waals surface area (Å²) >= 11 is 5.26. The van der Waals surface area contributed by atoms with Gasteiger partial charge in [-0.25, -0.2) is 4.98 Å². The Balaban J connectivity index is 0.000000282. The fraction of sp³-hybridized carbons (Fsp3) is 0.190. The highest BCUT2D eigenvalue weighted by atomic mass is 79.9. The predicted octanol–water partition coefficient (Wildman–Crippen LogP) is 2.70. The molecule has 0 saturated carbocycles. The van der Waals surface area contributed by atoms with Gasteiger partial charge < -0.3 is 15.7 Å². The van der Waals surface area contributed by atoms with Crippen molar-refractivity contribution in [3.63, 3.8) is 0 Å². The van der Waals surface area contributed by atoms with Crippen LogP contribution in [0.3, 0.4) is 0 Å². The Morgan fingerprint density at radius 2 is 1.97 bits per heavy atom. The van der Waals surface area contributed by atoms with Gasteiger partial charge in [0.15, 0.2) is 5.16 Å². The van der Waals surface area contributed by atoms with E-state index < -0.39 is 18.4 Å². The summed E-state index contributed by atoms with van der Waals surface area (Å²) in [5, 5.41) is 24.5. The predicted molar refractivity (Wildman–Crippen MR) is 125 cm³/mol. The number of amides is 2. The van der Waals surface area contributed by atoms with Crippen LogP contribution in [0.15, 0.2) is 52.4 Å². The van der Waals surface area contributed by atoms with Crippen molar-refractivity contribution >= 4 is 56.8 Å². The molecule has 0 aliphatic heterocycles. The second-order valence-electron chi connectivity index (χ2n) is 6.09. The standard InChI is InChI=1S/C16H12BrN3S.C5H8N2O4/c1-2-21-16-19-10-15(17)20(16)14-8-7-11(9-18)12-5-3-4-6-13(12)14;8-3-6-1-4(9)7-2-5(10)11/h3-8,10H,2H2,1H3;3H,1-2H2,(H,6,8)(H,7,9)(H,10,11). The molecule has 0 fully saturated rings. The Morgan fingerprint density at radius 1 is 1.25 bits per heavy atom. The second kappa shape index (κ2) is 12.5. The summed E-state index contributed by atoms with van der Waals surface area (Å²) in [5.74, 6) is -0.693. The fourth-order valence-electron chi connectivity index (χ4n) is 2.71. The molecule has 0 saturated heterocycles. The molecule has 3 aromatic rings. The number of imidazole rings is 1. The number of benzene rings is 2. The smallest absolute Gasteiger partial charge is 0.322 e. The molecule has 3 N–H and O–H groups in total. The van der Waals surface area contributed by atoms with Crippen molar-refractivity contribution in [3.05, 3.63) is 52.8 Å². The van der Waals surface area contributed by atoms with E-state index in [2.05, 4.69) is 49.1 Å². The first-order valence-corrected chi connectivity index (χ1v) is 11.1. The molecule has 3 rings (SSSR count). The molecule has 0 atom stereocenters. The average Bonchev–Trinajstić information content (AvgIpc) is 3.16. The molecular formula is C21H20BrN5O4S. The van der Waals surface area contributed by atoms with E-state index in [1.54, 1.807) is 11.8 Å². The third kappa shape index (κ3) is 6.57. The summed E-state index contributed by atoms with van der Waals surface area (Å²) in [6.07, 6.45) is 2.17. The number of thioether (sulfide) groups is 1. The number of nitrogens with zero attached hydrogens (tertiary/aromatic N) is 3. The van der Waals surface area contributed by atoms with E-state index >= 15 is 0 Å². The van der Waals surface area contributed by atoms with E-state index in [1.165, 1.54) is 0 Å². The highest BCUT2D eigenvalue weighted by Crippen LogP contribution is 2.32. The zero-order chi connectivity index (χ0) is 23.5. The Hall–Kier alpha value is -3.36. The average molecular weight is 518 g/mol. The van der Waals surface area contributed by atoms with Gasteiger partial charge in [-0.2, -0.15) is 5.26 Å². The van der Waals surface area contributed by atoms with Crippen LogP contribution in [0.2, 0.25) is 0 Å². The van der Waals surface area contributed by atoms with Crippen LogP contribution in [0.25, 0.3) is 16.5 Å². The number of fused-ring (bicyclic) bond motifs is 1. The van der Waals surface area contributed by atoms with E-state index in [0.717, 1.165) is 32.0 Å². The molecule has 0 spiro atoms. The van der Waals surface area contributed by atoms with Gasteiger partial charge >= 0.3 is 5.97 Å². The third-order valence-corrected chi connectivity index (χ3v) is 5.40. The van der Waals surface area contributed by atoms with E-state index in [4.69, 9.17) is 5.11 Å². The maximum Gasteiger partial charge on any atom is 0.322 e. The maximum absolute atomic E-state index is 10.5. The maximum atomic E-state index is 10.5. The number of nitriles is 1. The van der Waals surface area contributed by atoms with E-state index in [-0.39, 0.29) is 6.54 Å². The molecule has 0 unspecified atom stereocenters. The van der Waals surface area contributed by atoms with Crippen molar-refractivity contribution in [2.75, 3.05) is 18.8 Å². The Morgan fingerprint density at radius 3 is 2.59 bits per heavy atom. The summed E-state index contributed by atoms with van der Waals surface area (Å²) in [4.78, 5) is 34.5. The van der Waals surface area contributed by atoms with Crippen LogP contribution in [0, 0.1) is 11.3 Å². The summed E-state index contributed by atoms with van der Waals surface area (Å²) in [6, 6.07) is 14.1. The molecule has 2 amide bonds. The lowest BCUT2D eigenvalue weighted by atomic mass is 10.0. The van der Waals surface area contributed by atoms with Gasteiger partial charge in [-0.3, -0.25) is 19.0 Å². The highest BCUT2D eigenvalue weighted by molar-refractivity contribution is 9.10. The first-order valence-electron chi connectivity index (χ1n) is 9.36. The number of halogens is 1. The van der Waals surface area contributed by atoms with E-state index in [1.807, 2.05) is 42.6 Å². The lowest BCUT2D eigenvalue weighted by Crippen LogP contribution is -2.36. The minimum Gasteiger partial charge on any atom is -0.480 e. The molecule has 1 aromatic heterocycles. The van der Waals surface area contributed by atoms with E-state index in [0.29, 0.717) is 12.0 Å². The van der Waals surface area contributed by atoms with Crippen molar-refractivity contribution in [1.82, 2.24) is 20.2 Å². The monoisotopic (exact) mass is 517 g/mol.